The molecule has 1 aromatic heterocycles. The molecule has 0 saturated heterocycles. The van der Waals surface area contributed by atoms with Gasteiger partial charge in [-0.25, -0.2) is 0 Å². The van der Waals surface area contributed by atoms with Gasteiger partial charge in [-0.1, -0.05) is 28.1 Å². The van der Waals surface area contributed by atoms with E-state index in [1.807, 2.05) is 29.3 Å². The van der Waals surface area contributed by atoms with E-state index in [1.165, 1.54) is 5.70 Å². The largest absolute Gasteiger partial charge is 0.298 e. The highest BCUT2D eigenvalue weighted by Crippen LogP contribution is 2.31. The minimum Gasteiger partial charge on any atom is -0.298 e. The highest BCUT2D eigenvalue weighted by molar-refractivity contribution is 9.11. The van der Waals surface area contributed by atoms with Crippen LogP contribution in [0.4, 0.5) is 0 Å². The summed E-state index contributed by atoms with van der Waals surface area (Å²) in [5.74, 6) is 0.889. The molecule has 0 aliphatic carbocycles. The Kier molecular flexibility index (Phi) is 2.76. The second-order valence-corrected chi connectivity index (χ2v) is 5.23. The standard InChI is InChI=1S/C13H9BrNOS/c14-6-11-8-17-13-10(7-16)5-9-3-1-2-4-12(9)15(11)13/h1-7H,8H2/q+1. The number of pyridine rings is 1. The number of hydrogen-bond donors (Lipinski definition) is 0. The Morgan fingerprint density at radius 1 is 1.35 bits per heavy atom. The summed E-state index contributed by atoms with van der Waals surface area (Å²) in [5, 5.41) is 2.12. The summed E-state index contributed by atoms with van der Waals surface area (Å²) in [6, 6.07) is 10.1. The van der Waals surface area contributed by atoms with E-state index in [-0.39, 0.29) is 0 Å². The third kappa shape index (κ3) is 1.63. The maximum Gasteiger partial charge on any atom is 0.257 e. The fourth-order valence-corrected chi connectivity index (χ4v) is 3.78. The lowest BCUT2D eigenvalue weighted by molar-refractivity contribution is -0.590. The number of para-hydroxylation sites is 1. The van der Waals surface area contributed by atoms with Gasteiger partial charge in [0.1, 0.15) is 0 Å². The summed E-state index contributed by atoms with van der Waals surface area (Å²) < 4.78 is 2.15. The van der Waals surface area contributed by atoms with Crippen LogP contribution in [0.5, 0.6) is 0 Å². The molecule has 17 heavy (non-hydrogen) atoms. The van der Waals surface area contributed by atoms with Crippen molar-refractivity contribution in [1.82, 2.24) is 0 Å². The first-order valence-electron chi connectivity index (χ1n) is 5.20. The summed E-state index contributed by atoms with van der Waals surface area (Å²) in [6.07, 6.45) is 0.933. The average Bonchev–Trinajstić information content (AvgIpc) is 2.82. The van der Waals surface area contributed by atoms with Crippen molar-refractivity contribution in [2.75, 3.05) is 5.75 Å². The molecule has 1 aliphatic heterocycles. The van der Waals surface area contributed by atoms with Crippen LogP contribution >= 0.6 is 27.7 Å². The van der Waals surface area contributed by atoms with Gasteiger partial charge in [0.2, 0.25) is 11.2 Å². The van der Waals surface area contributed by atoms with Crippen LogP contribution in [-0.4, -0.2) is 12.0 Å². The molecule has 0 radical (unpaired) electrons. The maximum atomic E-state index is 11.1. The van der Waals surface area contributed by atoms with E-state index in [9.17, 15) is 4.79 Å². The fraction of sp³-hybridized carbons (Fsp3) is 0.0769. The monoisotopic (exact) mass is 306 g/mol. The lowest BCUT2D eigenvalue weighted by atomic mass is 10.1. The molecule has 1 aliphatic rings. The van der Waals surface area contributed by atoms with Gasteiger partial charge in [0, 0.05) is 16.4 Å². The number of fused-ring (bicyclic) bond motifs is 3. The van der Waals surface area contributed by atoms with Crippen molar-refractivity contribution in [1.29, 1.82) is 0 Å². The highest BCUT2D eigenvalue weighted by Gasteiger charge is 2.31. The molecule has 2 aromatic rings. The molecule has 0 amide bonds. The predicted octanol–water partition coefficient (Wildman–Crippen LogP) is 3.24. The van der Waals surface area contributed by atoms with Crippen molar-refractivity contribution in [3.8, 4) is 0 Å². The van der Waals surface area contributed by atoms with Crippen LogP contribution in [0.2, 0.25) is 0 Å². The molecule has 2 nitrogen and oxygen atoms in total. The van der Waals surface area contributed by atoms with Crippen molar-refractivity contribution in [2.24, 2.45) is 0 Å². The normalized spacial score (nSPS) is 16.4. The number of hydrogen-bond acceptors (Lipinski definition) is 2. The molecule has 2 heterocycles. The number of carbonyl (C=O) groups is 1. The van der Waals surface area contributed by atoms with Crippen molar-refractivity contribution in [3.63, 3.8) is 0 Å². The lowest BCUT2D eigenvalue weighted by Gasteiger charge is -2.01. The van der Waals surface area contributed by atoms with Crippen molar-refractivity contribution < 1.29 is 9.36 Å². The summed E-state index contributed by atoms with van der Waals surface area (Å²) in [5.41, 5.74) is 3.08. The van der Waals surface area contributed by atoms with Gasteiger partial charge < -0.3 is 0 Å². The van der Waals surface area contributed by atoms with Gasteiger partial charge in [0.15, 0.2) is 6.29 Å². The van der Waals surface area contributed by atoms with Crippen LogP contribution in [-0.2, 0) is 0 Å². The van der Waals surface area contributed by atoms with E-state index in [1.54, 1.807) is 11.8 Å². The molecule has 1 aromatic carbocycles. The van der Waals surface area contributed by atoms with Gasteiger partial charge in [-0.3, -0.25) is 4.79 Å². The first kappa shape index (κ1) is 11.0. The summed E-state index contributed by atoms with van der Waals surface area (Å²) in [7, 11) is 0. The minimum absolute atomic E-state index is 0.762. The van der Waals surface area contributed by atoms with Gasteiger partial charge in [-0.15, -0.1) is 4.57 Å². The number of carbonyl (C=O) groups excluding carboxylic acids is 1. The van der Waals surface area contributed by atoms with E-state index < -0.39 is 0 Å². The van der Waals surface area contributed by atoms with Crippen molar-refractivity contribution in [2.45, 2.75) is 5.03 Å². The minimum atomic E-state index is 0.762. The van der Waals surface area contributed by atoms with Gasteiger partial charge in [0.05, 0.1) is 11.3 Å². The number of aldehydes is 1. The Morgan fingerprint density at radius 2 is 2.18 bits per heavy atom. The topological polar surface area (TPSA) is 20.9 Å². The molecule has 0 atom stereocenters. The molecule has 0 saturated carbocycles. The zero-order valence-electron chi connectivity index (χ0n) is 8.89. The Hall–Kier alpha value is -1.13. The molecule has 0 N–H and O–H groups in total. The SMILES string of the molecule is O=Cc1cc2ccccc2[n+]2c1SCC2=CBr. The number of nitrogens with zero attached hydrogens (tertiary/aromatic N) is 1. The zero-order valence-corrected chi connectivity index (χ0v) is 11.3. The third-order valence-corrected chi connectivity index (χ3v) is 4.50. The Bertz CT molecular complexity index is 651. The first-order valence-corrected chi connectivity index (χ1v) is 7.10. The third-order valence-electron chi connectivity index (χ3n) is 2.84. The first-order chi connectivity index (χ1) is 8.35. The Balaban J connectivity index is 2.47. The van der Waals surface area contributed by atoms with Crippen LogP contribution in [0.25, 0.3) is 16.6 Å². The quantitative estimate of drug-likeness (QED) is 0.596. The van der Waals surface area contributed by atoms with E-state index in [0.29, 0.717) is 0 Å². The smallest absolute Gasteiger partial charge is 0.257 e. The molecule has 0 fully saturated rings. The molecule has 0 unspecified atom stereocenters. The summed E-state index contributed by atoms with van der Waals surface area (Å²) >= 11 is 5.09. The van der Waals surface area contributed by atoms with Crippen molar-refractivity contribution >= 4 is 50.6 Å². The highest BCUT2D eigenvalue weighted by atomic mass is 79.9. The average molecular weight is 307 g/mol. The summed E-state index contributed by atoms with van der Waals surface area (Å²) in [6.45, 7) is 0. The molecule has 84 valence electrons. The van der Waals surface area contributed by atoms with Crippen molar-refractivity contribution in [3.05, 3.63) is 40.9 Å². The van der Waals surface area contributed by atoms with Crippen LogP contribution in [0.15, 0.2) is 40.3 Å². The number of rotatable bonds is 1. The maximum absolute atomic E-state index is 11.1. The molecule has 0 bridgehead atoms. The van der Waals surface area contributed by atoms with E-state index in [4.69, 9.17) is 0 Å². The Labute approximate surface area is 111 Å². The molecule has 4 heteroatoms. The number of benzene rings is 1. The fourth-order valence-electron chi connectivity index (χ4n) is 2.09. The molecular weight excluding hydrogens is 298 g/mol. The van der Waals surface area contributed by atoms with E-state index in [0.717, 1.165) is 33.5 Å². The number of aromatic nitrogens is 1. The van der Waals surface area contributed by atoms with Crippen LogP contribution in [0.1, 0.15) is 10.4 Å². The van der Waals surface area contributed by atoms with Gasteiger partial charge in [0.25, 0.3) is 5.03 Å². The molecular formula is C13H9BrNOS+. The lowest BCUT2D eigenvalue weighted by Crippen LogP contribution is -2.33. The predicted molar refractivity (Wildman–Crippen MR) is 73.5 cm³/mol. The van der Waals surface area contributed by atoms with Gasteiger partial charge in [-0.2, -0.15) is 0 Å². The number of halogens is 1. The summed E-state index contributed by atoms with van der Waals surface area (Å²) in [4.78, 5) is 13.1. The van der Waals surface area contributed by atoms with E-state index >= 15 is 0 Å². The van der Waals surface area contributed by atoms with Gasteiger partial charge in [-0.05, 0) is 23.9 Å². The molecule has 3 rings (SSSR count). The van der Waals surface area contributed by atoms with E-state index in [2.05, 4.69) is 26.6 Å². The molecule has 0 spiro atoms. The zero-order chi connectivity index (χ0) is 11.8. The van der Waals surface area contributed by atoms with Crippen LogP contribution in [0.3, 0.4) is 0 Å². The number of thioether (sulfide) groups is 1. The Morgan fingerprint density at radius 3 is 2.94 bits per heavy atom. The second-order valence-electron chi connectivity index (χ2n) is 3.81. The van der Waals surface area contributed by atoms with Crippen LogP contribution in [0, 0.1) is 0 Å². The van der Waals surface area contributed by atoms with Gasteiger partial charge >= 0.3 is 0 Å². The van der Waals surface area contributed by atoms with Crippen LogP contribution < -0.4 is 4.57 Å². The second kappa shape index (κ2) is 4.27.